The van der Waals surface area contributed by atoms with Crippen LogP contribution in [-0.4, -0.2) is 56.3 Å². The number of thiophene rings is 1. The van der Waals surface area contributed by atoms with Crippen molar-refractivity contribution in [1.29, 1.82) is 0 Å². The molecule has 0 aliphatic carbocycles. The van der Waals surface area contributed by atoms with Crippen molar-refractivity contribution in [3.8, 4) is 27.4 Å². The molecule has 40 heavy (non-hydrogen) atoms. The topological polar surface area (TPSA) is 97.4 Å². The summed E-state index contributed by atoms with van der Waals surface area (Å²) in [7, 11) is 3.40. The first-order valence-electron chi connectivity index (χ1n) is 13.0. The third-order valence-corrected chi connectivity index (χ3v) is 7.78. The fourth-order valence-electron chi connectivity index (χ4n) is 3.95. The first kappa shape index (κ1) is 29.6. The predicted octanol–water partition coefficient (Wildman–Crippen LogP) is 5.99. The van der Waals surface area contributed by atoms with Crippen LogP contribution in [0.5, 0.6) is 5.75 Å². The number of aromatic nitrogens is 2. The Morgan fingerprint density at radius 2 is 1.98 bits per heavy atom. The number of halogens is 1. The van der Waals surface area contributed by atoms with Gasteiger partial charge in [-0.2, -0.15) is 0 Å². The van der Waals surface area contributed by atoms with E-state index in [0.29, 0.717) is 53.4 Å². The highest BCUT2D eigenvalue weighted by Gasteiger charge is 2.20. The van der Waals surface area contributed by atoms with Gasteiger partial charge in [0.2, 0.25) is 0 Å². The lowest BCUT2D eigenvalue weighted by Gasteiger charge is -2.11. The number of nitrogens with zero attached hydrogens (tertiary/aromatic N) is 2. The molecule has 0 atom stereocenters. The maximum Gasteiger partial charge on any atom is 0.255 e. The van der Waals surface area contributed by atoms with Gasteiger partial charge in [0.15, 0.2) is 16.7 Å². The van der Waals surface area contributed by atoms with Crippen LogP contribution >= 0.6 is 22.7 Å². The molecule has 3 aromatic heterocycles. The third kappa shape index (κ3) is 7.63. The number of anilines is 2. The molecule has 1 amide bonds. The Balaban J connectivity index is 1.66. The van der Waals surface area contributed by atoms with E-state index in [1.54, 1.807) is 30.7 Å². The Morgan fingerprint density at radius 1 is 1.12 bits per heavy atom. The predicted molar refractivity (Wildman–Crippen MR) is 161 cm³/mol. The summed E-state index contributed by atoms with van der Waals surface area (Å²) >= 11 is 3.06. The maximum absolute atomic E-state index is 14.9. The van der Waals surface area contributed by atoms with E-state index >= 15 is 0 Å². The number of hydrogen-bond acceptors (Lipinski definition) is 9. The first-order valence-corrected chi connectivity index (χ1v) is 14.7. The van der Waals surface area contributed by atoms with Gasteiger partial charge in [-0.05, 0) is 55.1 Å². The largest absolute Gasteiger partial charge is 0.488 e. The summed E-state index contributed by atoms with van der Waals surface area (Å²) in [6.45, 7) is 6.02. The van der Waals surface area contributed by atoms with Gasteiger partial charge in [0.05, 0.1) is 17.9 Å². The molecule has 0 aliphatic heterocycles. The first-order chi connectivity index (χ1) is 19.4. The Hall–Kier alpha value is -3.38. The Labute approximate surface area is 242 Å². The lowest BCUT2D eigenvalue weighted by atomic mass is 10.0. The lowest BCUT2D eigenvalue weighted by Crippen LogP contribution is -2.31. The molecule has 8 nitrogen and oxygen atoms in total. The molecule has 3 heterocycles. The van der Waals surface area contributed by atoms with Gasteiger partial charge in [0.25, 0.3) is 5.91 Å². The number of carbonyl (C=O) groups excluding carboxylic acids is 1. The van der Waals surface area contributed by atoms with E-state index in [0.717, 1.165) is 21.7 Å². The second-order valence-electron chi connectivity index (χ2n) is 9.46. The van der Waals surface area contributed by atoms with Crippen molar-refractivity contribution in [2.45, 2.75) is 20.3 Å². The minimum Gasteiger partial charge on any atom is -0.488 e. The summed E-state index contributed by atoms with van der Waals surface area (Å²) in [4.78, 5) is 24.6. The molecule has 0 aliphatic rings. The monoisotopic (exact) mass is 583 g/mol. The zero-order chi connectivity index (χ0) is 28.5. The maximum atomic E-state index is 14.9. The van der Waals surface area contributed by atoms with Crippen LogP contribution in [0.4, 0.5) is 15.3 Å². The van der Waals surface area contributed by atoms with Gasteiger partial charge in [-0.1, -0.05) is 19.9 Å². The summed E-state index contributed by atoms with van der Waals surface area (Å²) in [5, 5.41) is 11.8. The minimum absolute atomic E-state index is 0.170. The van der Waals surface area contributed by atoms with Crippen LogP contribution in [0.25, 0.3) is 21.7 Å². The Morgan fingerprint density at radius 3 is 2.67 bits per heavy atom. The zero-order valence-corrected chi connectivity index (χ0v) is 24.7. The van der Waals surface area contributed by atoms with Crippen molar-refractivity contribution < 1.29 is 18.7 Å². The molecule has 0 unspecified atom stereocenters. The smallest absolute Gasteiger partial charge is 0.255 e. The fourth-order valence-corrected chi connectivity index (χ4v) is 5.86. The highest BCUT2D eigenvalue weighted by molar-refractivity contribution is 7.16. The molecule has 3 N–H and O–H groups in total. The van der Waals surface area contributed by atoms with Crippen molar-refractivity contribution in [3.63, 3.8) is 0 Å². The molecule has 0 fully saturated rings. The molecule has 4 aromatic rings. The molecule has 1 aromatic carbocycles. The number of pyridine rings is 1. The van der Waals surface area contributed by atoms with Gasteiger partial charge in [-0.3, -0.25) is 4.79 Å². The number of carbonyl (C=O) groups is 1. The number of amides is 1. The van der Waals surface area contributed by atoms with Crippen LogP contribution in [0, 0.1) is 11.7 Å². The van der Waals surface area contributed by atoms with E-state index in [1.165, 1.54) is 17.4 Å². The van der Waals surface area contributed by atoms with E-state index in [2.05, 4.69) is 34.8 Å². The minimum atomic E-state index is -0.460. The van der Waals surface area contributed by atoms with E-state index in [1.807, 2.05) is 36.7 Å². The van der Waals surface area contributed by atoms with Crippen LogP contribution < -0.4 is 20.7 Å². The second-order valence-corrected chi connectivity index (χ2v) is 11.5. The average molecular weight is 584 g/mol. The number of ether oxygens (including phenoxy) is 2. The van der Waals surface area contributed by atoms with Crippen molar-refractivity contribution in [2.24, 2.45) is 5.92 Å². The number of rotatable bonds is 14. The standard InChI is InChI=1S/C29H34FN5O3S2/c1-18(2)14-25-26(19-7-8-23(22(30)16-19)38-12-11-37-4)34-29(40-25)35-27-21(28(36)32-10-9-31-3)15-20(17-33-27)24-6-5-13-39-24/h5-8,13,15-18,31H,9-12,14H2,1-4H3,(H,32,36)(H,33,34,35). The van der Waals surface area contributed by atoms with Crippen LogP contribution in [0.15, 0.2) is 48.0 Å². The van der Waals surface area contributed by atoms with Crippen molar-refractivity contribution in [1.82, 2.24) is 20.6 Å². The van der Waals surface area contributed by atoms with Crippen LogP contribution in [0.2, 0.25) is 0 Å². The van der Waals surface area contributed by atoms with Crippen molar-refractivity contribution >= 4 is 39.5 Å². The van der Waals surface area contributed by atoms with Crippen molar-refractivity contribution in [2.75, 3.05) is 45.8 Å². The van der Waals surface area contributed by atoms with Gasteiger partial charge in [0.1, 0.15) is 12.4 Å². The highest BCUT2D eigenvalue weighted by Crippen LogP contribution is 2.36. The van der Waals surface area contributed by atoms with Crippen LogP contribution in [0.1, 0.15) is 29.1 Å². The number of thiazole rings is 1. The molecule has 11 heteroatoms. The molecular formula is C29H34FN5O3S2. The molecule has 0 bridgehead atoms. The fraction of sp³-hybridized carbons (Fsp3) is 0.345. The van der Waals surface area contributed by atoms with E-state index in [-0.39, 0.29) is 18.3 Å². The average Bonchev–Trinajstić information content (AvgIpc) is 3.60. The van der Waals surface area contributed by atoms with E-state index in [4.69, 9.17) is 14.5 Å². The van der Waals surface area contributed by atoms with Crippen LogP contribution in [-0.2, 0) is 11.2 Å². The van der Waals surface area contributed by atoms with Crippen LogP contribution in [0.3, 0.4) is 0 Å². The molecule has 212 valence electrons. The lowest BCUT2D eigenvalue weighted by molar-refractivity contribution is 0.0954. The summed E-state index contributed by atoms with van der Waals surface area (Å²) in [5.41, 5.74) is 2.64. The molecule has 4 rings (SSSR count). The number of nitrogens with one attached hydrogen (secondary N) is 3. The molecule has 0 radical (unpaired) electrons. The van der Waals surface area contributed by atoms with E-state index < -0.39 is 5.82 Å². The van der Waals surface area contributed by atoms with E-state index in [9.17, 15) is 9.18 Å². The SMILES string of the molecule is CNCCNC(=O)c1cc(-c2cccs2)cnc1Nc1nc(-c2ccc(OCCOC)c(F)c2)c(CC(C)C)s1. The zero-order valence-electron chi connectivity index (χ0n) is 23.0. The quantitative estimate of drug-likeness (QED) is 0.157. The molecular weight excluding hydrogens is 549 g/mol. The Bertz CT molecular complexity index is 1410. The number of hydrogen-bond donors (Lipinski definition) is 3. The Kier molecular flexibility index (Phi) is 10.6. The van der Waals surface area contributed by atoms with Gasteiger partial charge >= 0.3 is 0 Å². The highest BCUT2D eigenvalue weighted by atomic mass is 32.1. The number of likely N-dealkylation sites (N-methyl/N-ethyl adjacent to an activating group) is 1. The summed E-state index contributed by atoms with van der Waals surface area (Å²) in [5.74, 6) is 0.257. The summed E-state index contributed by atoms with van der Waals surface area (Å²) in [6.07, 6.45) is 2.52. The van der Waals surface area contributed by atoms with Gasteiger partial charge in [0, 0.05) is 47.3 Å². The van der Waals surface area contributed by atoms with Crippen molar-refractivity contribution in [3.05, 3.63) is 64.2 Å². The summed E-state index contributed by atoms with van der Waals surface area (Å²) in [6, 6.07) is 10.7. The molecule has 0 saturated heterocycles. The number of methoxy groups -OCH3 is 1. The third-order valence-electron chi connectivity index (χ3n) is 5.87. The normalized spacial score (nSPS) is 11.2. The van der Waals surface area contributed by atoms with Gasteiger partial charge in [-0.15, -0.1) is 22.7 Å². The number of benzene rings is 1. The van der Waals surface area contributed by atoms with Gasteiger partial charge < -0.3 is 25.4 Å². The molecule has 0 saturated carbocycles. The second kappa shape index (κ2) is 14.3. The summed E-state index contributed by atoms with van der Waals surface area (Å²) < 4.78 is 25.3. The molecule has 0 spiro atoms. The van der Waals surface area contributed by atoms with Gasteiger partial charge in [-0.25, -0.2) is 14.4 Å².